The normalized spacial score (nSPS) is 27.6. The SMILES string of the molecule is CCCCC1(C(=O)O)COCCC1=O. The zero-order valence-electron chi connectivity index (χ0n) is 8.41. The minimum Gasteiger partial charge on any atom is -0.480 e. The van der Waals surface area contributed by atoms with Crippen molar-refractivity contribution in [2.75, 3.05) is 13.2 Å². The van der Waals surface area contributed by atoms with Crippen molar-refractivity contribution >= 4 is 11.8 Å². The highest BCUT2D eigenvalue weighted by molar-refractivity contribution is 6.03. The molecule has 0 spiro atoms. The summed E-state index contributed by atoms with van der Waals surface area (Å²) in [5, 5.41) is 9.08. The second-order valence-corrected chi connectivity index (χ2v) is 3.72. The van der Waals surface area contributed by atoms with E-state index in [1.807, 2.05) is 6.92 Å². The first-order valence-electron chi connectivity index (χ1n) is 4.98. The largest absolute Gasteiger partial charge is 0.480 e. The van der Waals surface area contributed by atoms with E-state index in [9.17, 15) is 9.59 Å². The van der Waals surface area contributed by atoms with Crippen LogP contribution in [0, 0.1) is 5.41 Å². The van der Waals surface area contributed by atoms with Crippen LogP contribution in [0.4, 0.5) is 0 Å². The Kier molecular flexibility index (Phi) is 3.63. The quantitative estimate of drug-likeness (QED) is 0.693. The van der Waals surface area contributed by atoms with Crippen molar-refractivity contribution in [3.05, 3.63) is 0 Å². The lowest BCUT2D eigenvalue weighted by Crippen LogP contribution is -2.47. The van der Waals surface area contributed by atoms with Gasteiger partial charge in [-0.25, -0.2) is 0 Å². The summed E-state index contributed by atoms with van der Waals surface area (Å²) in [6.07, 6.45) is 2.28. The molecule has 0 aliphatic carbocycles. The molecule has 1 fully saturated rings. The predicted molar refractivity (Wildman–Crippen MR) is 50.0 cm³/mol. The molecule has 1 N–H and O–H groups in total. The van der Waals surface area contributed by atoms with Crippen LogP contribution in [0.15, 0.2) is 0 Å². The first-order valence-corrected chi connectivity index (χ1v) is 4.98. The molecule has 1 aliphatic heterocycles. The number of unbranched alkanes of at least 4 members (excludes halogenated alkanes) is 1. The van der Waals surface area contributed by atoms with Crippen LogP contribution in [0.5, 0.6) is 0 Å². The van der Waals surface area contributed by atoms with E-state index < -0.39 is 11.4 Å². The zero-order valence-corrected chi connectivity index (χ0v) is 8.41. The average molecular weight is 200 g/mol. The van der Waals surface area contributed by atoms with Gasteiger partial charge in [0.25, 0.3) is 0 Å². The molecule has 4 nitrogen and oxygen atoms in total. The van der Waals surface area contributed by atoms with Crippen LogP contribution >= 0.6 is 0 Å². The van der Waals surface area contributed by atoms with Crippen LogP contribution in [0.2, 0.25) is 0 Å². The van der Waals surface area contributed by atoms with Gasteiger partial charge in [0.2, 0.25) is 0 Å². The number of carboxylic acids is 1. The van der Waals surface area contributed by atoms with E-state index in [0.29, 0.717) is 13.0 Å². The van der Waals surface area contributed by atoms with Crippen LogP contribution in [-0.2, 0) is 14.3 Å². The number of carbonyl (C=O) groups excluding carboxylic acids is 1. The van der Waals surface area contributed by atoms with Gasteiger partial charge >= 0.3 is 5.97 Å². The van der Waals surface area contributed by atoms with E-state index in [2.05, 4.69) is 0 Å². The number of hydrogen-bond acceptors (Lipinski definition) is 3. The average Bonchev–Trinajstić information content (AvgIpc) is 2.16. The molecule has 14 heavy (non-hydrogen) atoms. The van der Waals surface area contributed by atoms with Gasteiger partial charge in [-0.15, -0.1) is 0 Å². The highest BCUT2D eigenvalue weighted by Crippen LogP contribution is 2.31. The lowest BCUT2D eigenvalue weighted by molar-refractivity contribution is -0.165. The van der Waals surface area contributed by atoms with Crippen LogP contribution in [-0.4, -0.2) is 30.1 Å². The Labute approximate surface area is 83.2 Å². The van der Waals surface area contributed by atoms with E-state index in [1.165, 1.54) is 0 Å². The molecule has 1 rings (SSSR count). The summed E-state index contributed by atoms with van der Waals surface area (Å²) in [5.74, 6) is -1.21. The number of hydrogen-bond donors (Lipinski definition) is 1. The molecule has 4 heteroatoms. The minimum atomic E-state index is -1.26. The first-order chi connectivity index (χ1) is 6.63. The molecular formula is C10H16O4. The number of ether oxygens (including phenoxy) is 1. The zero-order chi connectivity index (χ0) is 10.6. The Balaban J connectivity index is 2.78. The van der Waals surface area contributed by atoms with Gasteiger partial charge in [0, 0.05) is 6.42 Å². The number of Topliss-reactive ketones (excluding diaryl/α,β-unsaturated/α-hetero) is 1. The van der Waals surface area contributed by atoms with Crippen LogP contribution in [0.3, 0.4) is 0 Å². The number of rotatable bonds is 4. The molecule has 0 radical (unpaired) electrons. The maximum atomic E-state index is 11.6. The van der Waals surface area contributed by atoms with E-state index in [-0.39, 0.29) is 18.8 Å². The van der Waals surface area contributed by atoms with Gasteiger partial charge in [-0.1, -0.05) is 19.8 Å². The summed E-state index contributed by atoms with van der Waals surface area (Å²) >= 11 is 0. The Bertz CT molecular complexity index is 236. The van der Waals surface area contributed by atoms with Crippen LogP contribution in [0.1, 0.15) is 32.6 Å². The molecule has 1 saturated heterocycles. The minimum absolute atomic E-state index is 0.0428. The molecule has 0 aromatic heterocycles. The number of ketones is 1. The smallest absolute Gasteiger partial charge is 0.319 e. The molecule has 80 valence electrons. The highest BCUT2D eigenvalue weighted by atomic mass is 16.5. The standard InChI is InChI=1S/C10H16O4/c1-2-3-5-10(9(12)13)7-14-6-4-8(10)11/h2-7H2,1H3,(H,12,13). The van der Waals surface area contributed by atoms with Gasteiger partial charge in [0.1, 0.15) is 5.41 Å². The van der Waals surface area contributed by atoms with E-state index in [1.54, 1.807) is 0 Å². The molecule has 1 heterocycles. The summed E-state index contributed by atoms with van der Waals surface area (Å²) in [4.78, 5) is 22.7. The second kappa shape index (κ2) is 4.55. The molecule has 0 amide bonds. The molecule has 0 aromatic carbocycles. The number of aliphatic carboxylic acids is 1. The molecule has 1 atom stereocenters. The Hall–Kier alpha value is -0.900. The van der Waals surface area contributed by atoms with Crippen molar-refractivity contribution in [2.24, 2.45) is 5.41 Å². The fraction of sp³-hybridized carbons (Fsp3) is 0.800. The molecule has 0 aromatic rings. The van der Waals surface area contributed by atoms with Gasteiger partial charge in [-0.3, -0.25) is 9.59 Å². The third-order valence-electron chi connectivity index (χ3n) is 2.72. The van der Waals surface area contributed by atoms with Gasteiger partial charge in [-0.05, 0) is 6.42 Å². The number of carbonyl (C=O) groups is 2. The molecule has 1 aliphatic rings. The van der Waals surface area contributed by atoms with E-state index in [4.69, 9.17) is 9.84 Å². The molecule has 0 saturated carbocycles. The Morgan fingerprint density at radius 2 is 2.36 bits per heavy atom. The van der Waals surface area contributed by atoms with Gasteiger partial charge < -0.3 is 9.84 Å². The maximum absolute atomic E-state index is 11.6. The van der Waals surface area contributed by atoms with Crippen molar-refractivity contribution < 1.29 is 19.4 Å². The summed E-state index contributed by atoms with van der Waals surface area (Å²) in [7, 11) is 0. The van der Waals surface area contributed by atoms with Crippen molar-refractivity contribution in [2.45, 2.75) is 32.6 Å². The van der Waals surface area contributed by atoms with E-state index in [0.717, 1.165) is 12.8 Å². The third kappa shape index (κ3) is 1.95. The predicted octanol–water partition coefficient (Wildman–Crippen LogP) is 1.24. The van der Waals surface area contributed by atoms with Crippen molar-refractivity contribution in [1.82, 2.24) is 0 Å². The van der Waals surface area contributed by atoms with Crippen LogP contribution < -0.4 is 0 Å². The molecule has 1 unspecified atom stereocenters. The van der Waals surface area contributed by atoms with Gasteiger partial charge in [0.05, 0.1) is 13.2 Å². The number of carboxylic acid groups (broad SMARTS) is 1. The summed E-state index contributed by atoms with van der Waals surface area (Å²) in [5.41, 5.74) is -1.26. The summed E-state index contributed by atoms with van der Waals surface area (Å²) in [6.45, 7) is 2.38. The topological polar surface area (TPSA) is 63.6 Å². The monoisotopic (exact) mass is 200 g/mol. The fourth-order valence-corrected chi connectivity index (χ4v) is 1.71. The second-order valence-electron chi connectivity index (χ2n) is 3.72. The lowest BCUT2D eigenvalue weighted by atomic mass is 9.77. The van der Waals surface area contributed by atoms with Crippen molar-refractivity contribution in [1.29, 1.82) is 0 Å². The van der Waals surface area contributed by atoms with Crippen LogP contribution in [0.25, 0.3) is 0 Å². The first kappa shape index (κ1) is 11.2. The highest BCUT2D eigenvalue weighted by Gasteiger charge is 2.47. The Morgan fingerprint density at radius 3 is 2.86 bits per heavy atom. The van der Waals surface area contributed by atoms with Gasteiger partial charge in [-0.2, -0.15) is 0 Å². The van der Waals surface area contributed by atoms with Crippen molar-refractivity contribution in [3.63, 3.8) is 0 Å². The maximum Gasteiger partial charge on any atom is 0.319 e. The fourth-order valence-electron chi connectivity index (χ4n) is 1.71. The summed E-state index contributed by atoms with van der Waals surface area (Å²) in [6, 6.07) is 0. The molecule has 0 bridgehead atoms. The third-order valence-corrected chi connectivity index (χ3v) is 2.72. The lowest BCUT2D eigenvalue weighted by Gasteiger charge is -2.31. The van der Waals surface area contributed by atoms with Crippen molar-refractivity contribution in [3.8, 4) is 0 Å². The van der Waals surface area contributed by atoms with Gasteiger partial charge in [0.15, 0.2) is 5.78 Å². The molecular weight excluding hydrogens is 184 g/mol. The van der Waals surface area contributed by atoms with E-state index >= 15 is 0 Å². The summed E-state index contributed by atoms with van der Waals surface area (Å²) < 4.78 is 5.11. The Morgan fingerprint density at radius 1 is 1.64 bits per heavy atom.